The monoisotopic (exact) mass is 474 g/mol. The molecule has 3 aromatic rings. The first-order valence-corrected chi connectivity index (χ1v) is 10.3. The molecule has 11 heteroatoms. The van der Waals surface area contributed by atoms with Gasteiger partial charge in [0, 0.05) is 17.7 Å². The normalized spacial score (nSPS) is 12.9. The van der Waals surface area contributed by atoms with Gasteiger partial charge in [0.15, 0.2) is 0 Å². The molecule has 1 aliphatic heterocycles. The average molecular weight is 474 g/mol. The number of halogens is 3. The van der Waals surface area contributed by atoms with Crippen molar-refractivity contribution in [1.29, 1.82) is 5.26 Å². The van der Waals surface area contributed by atoms with Crippen LogP contribution in [0.15, 0.2) is 40.9 Å². The molecule has 0 fully saturated rings. The van der Waals surface area contributed by atoms with Crippen molar-refractivity contribution in [1.82, 2.24) is 15.5 Å². The second-order valence-corrected chi connectivity index (χ2v) is 7.63. The lowest BCUT2D eigenvalue weighted by molar-refractivity contribution is -0.192. The Morgan fingerprint density at radius 3 is 2.56 bits per heavy atom. The van der Waals surface area contributed by atoms with Crippen molar-refractivity contribution >= 4 is 5.97 Å². The number of fused-ring (bicyclic) bond motifs is 1. The Bertz CT molecular complexity index is 1220. The molecule has 0 atom stereocenters. The zero-order valence-corrected chi connectivity index (χ0v) is 18.3. The number of hydrogen-bond donors (Lipinski definition) is 2. The largest absolute Gasteiger partial charge is 0.490 e. The molecule has 4 rings (SSSR count). The molecule has 2 heterocycles. The summed E-state index contributed by atoms with van der Waals surface area (Å²) in [5, 5.41) is 24.0. The third-order valence-electron chi connectivity index (χ3n) is 4.73. The molecule has 0 saturated heterocycles. The number of carbonyl (C=O) groups is 1. The maximum Gasteiger partial charge on any atom is 0.490 e. The van der Waals surface area contributed by atoms with E-state index in [1.165, 1.54) is 11.1 Å². The zero-order chi connectivity index (χ0) is 24.9. The van der Waals surface area contributed by atoms with Gasteiger partial charge in [0.1, 0.15) is 11.8 Å². The smallest absolute Gasteiger partial charge is 0.490 e. The summed E-state index contributed by atoms with van der Waals surface area (Å²) in [7, 11) is 0. The molecular weight excluding hydrogens is 453 g/mol. The molecule has 0 radical (unpaired) electrons. The highest BCUT2D eigenvalue weighted by Gasteiger charge is 2.38. The van der Waals surface area contributed by atoms with E-state index in [0.717, 1.165) is 25.1 Å². The highest BCUT2D eigenvalue weighted by atomic mass is 19.4. The van der Waals surface area contributed by atoms with Crippen LogP contribution in [0.1, 0.15) is 30.5 Å². The number of aliphatic carboxylic acids is 1. The molecule has 0 unspecified atom stereocenters. The second kappa shape index (κ2) is 10.4. The fraction of sp³-hybridized carbons (Fsp3) is 0.304. The second-order valence-electron chi connectivity index (χ2n) is 7.63. The summed E-state index contributed by atoms with van der Waals surface area (Å²) in [6.07, 6.45) is -4.09. The van der Waals surface area contributed by atoms with Crippen LogP contribution in [0.5, 0.6) is 5.75 Å². The van der Waals surface area contributed by atoms with Crippen LogP contribution in [0.3, 0.4) is 0 Å². The number of alkyl halides is 3. The van der Waals surface area contributed by atoms with Crippen molar-refractivity contribution in [2.75, 3.05) is 6.54 Å². The van der Waals surface area contributed by atoms with Gasteiger partial charge in [-0.25, -0.2) is 4.79 Å². The topological polar surface area (TPSA) is 121 Å². The minimum Gasteiger partial charge on any atom is -0.490 e. The van der Waals surface area contributed by atoms with Gasteiger partial charge in [-0.1, -0.05) is 17.3 Å². The third-order valence-corrected chi connectivity index (χ3v) is 4.73. The number of aromatic nitrogens is 2. The first-order valence-electron chi connectivity index (χ1n) is 10.3. The average Bonchev–Trinajstić information content (AvgIpc) is 3.29. The Kier molecular flexibility index (Phi) is 7.53. The van der Waals surface area contributed by atoms with Crippen LogP contribution in [0.25, 0.3) is 22.8 Å². The van der Waals surface area contributed by atoms with E-state index < -0.39 is 12.1 Å². The van der Waals surface area contributed by atoms with Crippen LogP contribution in [-0.4, -0.2) is 40.0 Å². The van der Waals surface area contributed by atoms with Crippen molar-refractivity contribution in [2.45, 2.75) is 39.1 Å². The molecule has 0 spiro atoms. The predicted molar refractivity (Wildman–Crippen MR) is 115 cm³/mol. The molecule has 2 N–H and O–H groups in total. The lowest BCUT2D eigenvalue weighted by Gasteiger charge is -2.17. The summed E-state index contributed by atoms with van der Waals surface area (Å²) in [6.45, 7) is 5.73. The molecule has 8 nitrogen and oxygen atoms in total. The first kappa shape index (κ1) is 24.7. The Morgan fingerprint density at radius 1 is 1.21 bits per heavy atom. The highest BCUT2D eigenvalue weighted by Crippen LogP contribution is 2.28. The molecule has 178 valence electrons. The van der Waals surface area contributed by atoms with E-state index in [0.29, 0.717) is 28.6 Å². The Morgan fingerprint density at radius 2 is 1.91 bits per heavy atom. The number of carboxylic acid groups (broad SMARTS) is 1. The van der Waals surface area contributed by atoms with Crippen molar-refractivity contribution in [3.05, 3.63) is 53.1 Å². The van der Waals surface area contributed by atoms with Gasteiger partial charge in [0.2, 0.25) is 5.82 Å². The van der Waals surface area contributed by atoms with E-state index in [2.05, 4.69) is 33.7 Å². The number of hydrogen-bond acceptors (Lipinski definition) is 7. The van der Waals surface area contributed by atoms with E-state index in [1.807, 2.05) is 26.0 Å². The van der Waals surface area contributed by atoms with Crippen molar-refractivity contribution in [2.24, 2.45) is 0 Å². The number of nitrogens with zero attached hydrogens (tertiary/aromatic N) is 3. The summed E-state index contributed by atoms with van der Waals surface area (Å²) in [4.78, 5) is 13.4. The van der Waals surface area contributed by atoms with Gasteiger partial charge < -0.3 is 19.7 Å². The lowest BCUT2D eigenvalue weighted by atomic mass is 9.98. The molecule has 0 amide bonds. The molecule has 0 saturated carbocycles. The van der Waals surface area contributed by atoms with E-state index in [4.69, 9.17) is 19.2 Å². The summed E-state index contributed by atoms with van der Waals surface area (Å²) in [6, 6.07) is 13.7. The number of ether oxygens (including phenoxy) is 1. The Balaban J connectivity index is 0.000000406. The van der Waals surface area contributed by atoms with Gasteiger partial charge in [-0.05, 0) is 62.2 Å². The molecule has 34 heavy (non-hydrogen) atoms. The zero-order valence-electron chi connectivity index (χ0n) is 18.3. The maximum absolute atomic E-state index is 10.6. The van der Waals surface area contributed by atoms with Crippen LogP contribution in [0.2, 0.25) is 0 Å². The summed E-state index contributed by atoms with van der Waals surface area (Å²) in [5.74, 6) is -1.27. The van der Waals surface area contributed by atoms with Gasteiger partial charge in [0.05, 0.1) is 11.7 Å². The van der Waals surface area contributed by atoms with Gasteiger partial charge >= 0.3 is 12.1 Å². The molecule has 2 aromatic carbocycles. The first-order chi connectivity index (χ1) is 16.1. The van der Waals surface area contributed by atoms with Gasteiger partial charge in [-0.2, -0.15) is 23.4 Å². The van der Waals surface area contributed by atoms with Gasteiger partial charge in [0.25, 0.3) is 5.89 Å². The summed E-state index contributed by atoms with van der Waals surface area (Å²) < 4.78 is 42.8. The standard InChI is InChI=1S/C21H20N4O2.C2HF3O2/c1-13(2)26-19-6-5-16(10-18(19)11-22)21-24-20(25-27-21)15-3-4-17-12-23-8-7-14(17)9-15;3-2(4,5)1(6)7/h3-6,9-10,13,23H,7-8,12H2,1-2H3;(H,6,7). The van der Waals surface area contributed by atoms with Crippen LogP contribution in [0.4, 0.5) is 13.2 Å². The van der Waals surface area contributed by atoms with Crippen molar-refractivity contribution < 1.29 is 32.3 Å². The minimum atomic E-state index is -5.08. The fourth-order valence-electron chi connectivity index (χ4n) is 3.18. The van der Waals surface area contributed by atoms with E-state index >= 15 is 0 Å². The number of benzene rings is 2. The summed E-state index contributed by atoms with van der Waals surface area (Å²) in [5.41, 5.74) is 4.71. The minimum absolute atomic E-state index is 0.00262. The van der Waals surface area contributed by atoms with E-state index in [1.54, 1.807) is 12.1 Å². The van der Waals surface area contributed by atoms with Crippen molar-refractivity contribution in [3.63, 3.8) is 0 Å². The number of nitrogens with one attached hydrogen (secondary N) is 1. The lowest BCUT2D eigenvalue weighted by Crippen LogP contribution is -2.23. The predicted octanol–water partition coefficient (Wildman–Crippen LogP) is 4.34. The van der Waals surface area contributed by atoms with Crippen LogP contribution in [0, 0.1) is 11.3 Å². The molecule has 0 aliphatic carbocycles. The fourth-order valence-corrected chi connectivity index (χ4v) is 3.18. The third kappa shape index (κ3) is 6.11. The van der Waals surface area contributed by atoms with Crippen LogP contribution < -0.4 is 10.1 Å². The Hall–Kier alpha value is -3.91. The van der Waals surface area contributed by atoms with E-state index in [9.17, 15) is 18.4 Å². The molecular formula is C23H21F3N4O4. The van der Waals surface area contributed by atoms with E-state index in [-0.39, 0.29) is 6.10 Å². The maximum atomic E-state index is 10.6. The summed E-state index contributed by atoms with van der Waals surface area (Å²) >= 11 is 0. The number of rotatable bonds is 4. The van der Waals surface area contributed by atoms with Crippen LogP contribution >= 0.6 is 0 Å². The molecule has 0 bridgehead atoms. The quantitative estimate of drug-likeness (QED) is 0.573. The molecule has 1 aliphatic rings. The SMILES string of the molecule is CC(C)Oc1ccc(-c2nc(-c3ccc4c(c3)CCNC4)no2)cc1C#N.O=C(O)C(F)(F)F. The number of nitriles is 1. The van der Waals surface area contributed by atoms with Crippen LogP contribution in [-0.2, 0) is 17.8 Å². The van der Waals surface area contributed by atoms with Gasteiger partial charge in [-0.3, -0.25) is 0 Å². The number of carboxylic acids is 1. The van der Waals surface area contributed by atoms with Gasteiger partial charge in [-0.15, -0.1) is 0 Å². The molecule has 1 aromatic heterocycles. The van der Waals surface area contributed by atoms with Crippen molar-refractivity contribution in [3.8, 4) is 34.7 Å². The Labute approximate surface area is 193 Å². The highest BCUT2D eigenvalue weighted by molar-refractivity contribution is 5.73.